The SMILES string of the molecule is O=C1C(c2ccc(Cl)cc2)=[N+]([O-])c2c(F)cccc21. The quantitative estimate of drug-likeness (QED) is 0.592. The zero-order valence-corrected chi connectivity index (χ0v) is 10.3. The standard InChI is InChI=1S/C14H7ClFNO2/c15-9-6-4-8(5-7-9)12-14(18)10-2-1-3-11(16)13(10)17(12)19/h1-7H. The van der Waals surface area contributed by atoms with Crippen LogP contribution in [0.2, 0.25) is 5.02 Å². The lowest BCUT2D eigenvalue weighted by Gasteiger charge is -2.02. The molecule has 3 nitrogen and oxygen atoms in total. The molecular weight excluding hydrogens is 269 g/mol. The molecule has 1 heterocycles. The van der Waals surface area contributed by atoms with Crippen molar-refractivity contribution in [3.05, 3.63) is 69.6 Å². The van der Waals surface area contributed by atoms with E-state index in [0.29, 0.717) is 15.3 Å². The highest BCUT2D eigenvalue weighted by molar-refractivity contribution is 6.52. The van der Waals surface area contributed by atoms with Gasteiger partial charge in [0.2, 0.25) is 0 Å². The first kappa shape index (κ1) is 11.9. The molecule has 5 heteroatoms. The van der Waals surface area contributed by atoms with Crippen LogP contribution in [0.5, 0.6) is 0 Å². The predicted molar refractivity (Wildman–Crippen MR) is 69.6 cm³/mol. The number of carbonyl (C=O) groups is 1. The van der Waals surface area contributed by atoms with Crippen molar-refractivity contribution in [2.75, 3.05) is 0 Å². The number of ketones is 1. The molecule has 0 atom stereocenters. The molecule has 0 saturated heterocycles. The van der Waals surface area contributed by atoms with Gasteiger partial charge in [0.1, 0.15) is 5.56 Å². The van der Waals surface area contributed by atoms with Gasteiger partial charge in [-0.05, 0) is 36.4 Å². The first-order chi connectivity index (χ1) is 9.09. The maximum absolute atomic E-state index is 13.6. The minimum atomic E-state index is -0.704. The number of para-hydroxylation sites is 1. The molecule has 19 heavy (non-hydrogen) atoms. The van der Waals surface area contributed by atoms with Crippen molar-refractivity contribution < 1.29 is 13.9 Å². The van der Waals surface area contributed by atoms with Crippen LogP contribution in [0.25, 0.3) is 0 Å². The maximum atomic E-state index is 13.6. The molecule has 0 bridgehead atoms. The Labute approximate surface area is 113 Å². The molecule has 3 rings (SSSR count). The molecule has 1 aliphatic rings. The summed E-state index contributed by atoms with van der Waals surface area (Å²) in [5.41, 5.74) is 0.189. The fourth-order valence-corrected chi connectivity index (χ4v) is 2.22. The Morgan fingerprint density at radius 1 is 1.11 bits per heavy atom. The first-order valence-corrected chi connectivity index (χ1v) is 5.91. The fraction of sp³-hybridized carbons (Fsp3) is 0. The third-order valence-electron chi connectivity index (χ3n) is 2.97. The molecule has 0 radical (unpaired) electrons. The smallest absolute Gasteiger partial charge is 0.273 e. The van der Waals surface area contributed by atoms with Gasteiger partial charge in [-0.3, -0.25) is 4.79 Å². The maximum Gasteiger partial charge on any atom is 0.273 e. The molecule has 1 aliphatic heterocycles. The van der Waals surface area contributed by atoms with Gasteiger partial charge in [0.15, 0.2) is 5.82 Å². The largest absolute Gasteiger partial charge is 0.618 e. The van der Waals surface area contributed by atoms with Crippen LogP contribution < -0.4 is 0 Å². The molecule has 0 N–H and O–H groups in total. The monoisotopic (exact) mass is 275 g/mol. The number of Topliss-reactive ketones (excluding diaryl/α,β-unsaturated/α-hetero) is 1. The van der Waals surface area contributed by atoms with E-state index in [1.165, 1.54) is 12.1 Å². The van der Waals surface area contributed by atoms with Crippen molar-refractivity contribution in [2.45, 2.75) is 0 Å². The van der Waals surface area contributed by atoms with Crippen molar-refractivity contribution in [2.24, 2.45) is 0 Å². The van der Waals surface area contributed by atoms with Crippen LogP contribution in [-0.2, 0) is 0 Å². The van der Waals surface area contributed by atoms with E-state index < -0.39 is 11.6 Å². The van der Waals surface area contributed by atoms with E-state index in [4.69, 9.17) is 11.6 Å². The number of nitrogens with zero attached hydrogens (tertiary/aromatic N) is 1. The minimum absolute atomic E-state index is 0.0833. The molecular formula is C14H7ClFNO2. The molecule has 0 saturated carbocycles. The Morgan fingerprint density at radius 2 is 1.79 bits per heavy atom. The molecule has 2 aromatic carbocycles. The Balaban J connectivity index is 2.22. The lowest BCUT2D eigenvalue weighted by molar-refractivity contribution is -0.358. The molecule has 0 aliphatic carbocycles. The second-order valence-corrected chi connectivity index (χ2v) is 4.55. The average molecular weight is 276 g/mol. The zero-order chi connectivity index (χ0) is 13.6. The summed E-state index contributed by atoms with van der Waals surface area (Å²) in [6.07, 6.45) is 0. The number of benzene rings is 2. The van der Waals surface area contributed by atoms with Crippen LogP contribution in [0.1, 0.15) is 15.9 Å². The van der Waals surface area contributed by atoms with Gasteiger partial charge in [0, 0.05) is 5.02 Å². The van der Waals surface area contributed by atoms with Crippen LogP contribution in [-0.4, -0.2) is 16.2 Å². The van der Waals surface area contributed by atoms with Gasteiger partial charge in [-0.2, -0.15) is 9.13 Å². The van der Waals surface area contributed by atoms with Gasteiger partial charge in [0.25, 0.3) is 17.2 Å². The normalized spacial score (nSPS) is 13.9. The number of halogens is 2. The van der Waals surface area contributed by atoms with Crippen molar-refractivity contribution in [1.82, 2.24) is 0 Å². The lowest BCUT2D eigenvalue weighted by Crippen LogP contribution is -2.16. The summed E-state index contributed by atoms with van der Waals surface area (Å²) in [5, 5.41) is 12.6. The van der Waals surface area contributed by atoms with Gasteiger partial charge in [-0.15, -0.1) is 0 Å². The highest BCUT2D eigenvalue weighted by Gasteiger charge is 2.38. The molecule has 0 fully saturated rings. The van der Waals surface area contributed by atoms with E-state index in [2.05, 4.69) is 0 Å². The van der Waals surface area contributed by atoms with E-state index in [1.54, 1.807) is 24.3 Å². The molecule has 2 aromatic rings. The number of hydrogen-bond donors (Lipinski definition) is 0. The summed E-state index contributed by atoms with van der Waals surface area (Å²) in [7, 11) is 0. The molecule has 94 valence electrons. The molecule has 0 amide bonds. The van der Waals surface area contributed by atoms with Gasteiger partial charge in [0.05, 0.1) is 5.56 Å². The summed E-state index contributed by atoms with van der Waals surface area (Å²) >= 11 is 5.76. The van der Waals surface area contributed by atoms with E-state index in [0.717, 1.165) is 6.07 Å². The molecule has 0 unspecified atom stereocenters. The van der Waals surface area contributed by atoms with E-state index >= 15 is 0 Å². The van der Waals surface area contributed by atoms with Crippen LogP contribution >= 0.6 is 11.6 Å². The summed E-state index contributed by atoms with van der Waals surface area (Å²) in [6, 6.07) is 10.3. The van der Waals surface area contributed by atoms with Crippen molar-refractivity contribution in [1.29, 1.82) is 0 Å². The average Bonchev–Trinajstić information content (AvgIpc) is 2.65. The number of fused-ring (bicyclic) bond motifs is 1. The fourth-order valence-electron chi connectivity index (χ4n) is 2.09. The Bertz CT molecular complexity index is 723. The van der Waals surface area contributed by atoms with Gasteiger partial charge in [-0.25, -0.2) is 0 Å². The topological polar surface area (TPSA) is 43.1 Å². The molecule has 0 spiro atoms. The van der Waals surface area contributed by atoms with Crippen molar-refractivity contribution in [3.8, 4) is 0 Å². The van der Waals surface area contributed by atoms with E-state index in [9.17, 15) is 14.4 Å². The van der Waals surface area contributed by atoms with Gasteiger partial charge < -0.3 is 5.21 Å². The number of rotatable bonds is 1. The molecule has 0 aromatic heterocycles. The summed E-state index contributed by atoms with van der Waals surface area (Å²) < 4.78 is 14.0. The van der Waals surface area contributed by atoms with Gasteiger partial charge >= 0.3 is 0 Å². The van der Waals surface area contributed by atoms with Gasteiger partial charge in [-0.1, -0.05) is 17.7 Å². The van der Waals surface area contributed by atoms with Crippen LogP contribution in [0, 0.1) is 11.0 Å². The first-order valence-electron chi connectivity index (χ1n) is 5.53. The zero-order valence-electron chi connectivity index (χ0n) is 9.56. The lowest BCUT2D eigenvalue weighted by atomic mass is 10.0. The summed E-state index contributed by atoms with van der Waals surface area (Å²) in [4.78, 5) is 12.2. The van der Waals surface area contributed by atoms with Crippen molar-refractivity contribution >= 4 is 28.8 Å². The second-order valence-electron chi connectivity index (χ2n) is 4.12. The third kappa shape index (κ3) is 1.72. The third-order valence-corrected chi connectivity index (χ3v) is 3.22. The predicted octanol–water partition coefficient (Wildman–Crippen LogP) is 3.31. The number of carbonyl (C=O) groups excluding carboxylic acids is 1. The Kier molecular flexibility index (Phi) is 2.61. The van der Waals surface area contributed by atoms with Crippen LogP contribution in [0.3, 0.4) is 0 Å². The second kappa shape index (κ2) is 4.17. The van der Waals surface area contributed by atoms with Crippen molar-refractivity contribution in [3.63, 3.8) is 0 Å². The highest BCUT2D eigenvalue weighted by Crippen LogP contribution is 2.30. The van der Waals surface area contributed by atoms with Crippen LogP contribution in [0.4, 0.5) is 10.1 Å². The van der Waals surface area contributed by atoms with E-state index in [-0.39, 0.29) is 17.0 Å². The number of hydrogen-bond acceptors (Lipinski definition) is 2. The van der Waals surface area contributed by atoms with Crippen LogP contribution in [0.15, 0.2) is 42.5 Å². The minimum Gasteiger partial charge on any atom is -0.618 e. The Hall–Kier alpha value is -2.20. The summed E-state index contributed by atoms with van der Waals surface area (Å²) in [6.45, 7) is 0. The summed E-state index contributed by atoms with van der Waals surface area (Å²) in [5.74, 6) is -1.18. The van der Waals surface area contributed by atoms with E-state index in [1.807, 2.05) is 0 Å². The highest BCUT2D eigenvalue weighted by atomic mass is 35.5. The Morgan fingerprint density at radius 3 is 2.42 bits per heavy atom.